The van der Waals surface area contributed by atoms with E-state index in [4.69, 9.17) is 14.2 Å². The number of benzene rings is 3. The van der Waals surface area contributed by atoms with Crippen LogP contribution in [0.15, 0.2) is 66.2 Å². The van der Waals surface area contributed by atoms with Gasteiger partial charge in [0.2, 0.25) is 0 Å². The van der Waals surface area contributed by atoms with Gasteiger partial charge in [-0.1, -0.05) is 24.3 Å². The maximum Gasteiger partial charge on any atom is 0.301 e. The lowest BCUT2D eigenvalue weighted by atomic mass is 9.95. The fourth-order valence-electron chi connectivity index (χ4n) is 4.52. The summed E-state index contributed by atoms with van der Waals surface area (Å²) in [5, 5.41) is 22.0. The fourth-order valence-corrected chi connectivity index (χ4v) is 5.55. The number of rotatable bonds is 9. The second kappa shape index (κ2) is 11.3. The summed E-state index contributed by atoms with van der Waals surface area (Å²) in [6.07, 6.45) is 0.847. The topological polar surface area (TPSA) is 118 Å². The van der Waals surface area contributed by atoms with E-state index in [1.165, 1.54) is 22.3 Å². The number of aliphatic hydroxyl groups excluding tert-OH is 1. The lowest BCUT2D eigenvalue weighted by molar-refractivity contribution is -0.132. The highest BCUT2D eigenvalue weighted by Gasteiger charge is 2.48. The van der Waals surface area contributed by atoms with E-state index in [1.54, 1.807) is 68.6 Å². The average molecular weight is 561 g/mol. The maximum atomic E-state index is 13.6. The van der Waals surface area contributed by atoms with Gasteiger partial charge in [0.1, 0.15) is 17.3 Å². The molecule has 1 atom stereocenters. The average Bonchev–Trinajstić information content (AvgIpc) is 3.50. The van der Waals surface area contributed by atoms with Crippen LogP contribution in [0.2, 0.25) is 0 Å². The van der Waals surface area contributed by atoms with Crippen molar-refractivity contribution < 1.29 is 34.0 Å². The monoisotopic (exact) mass is 560 g/mol. The van der Waals surface area contributed by atoms with Crippen LogP contribution in [0, 0.1) is 0 Å². The van der Waals surface area contributed by atoms with E-state index in [2.05, 4.69) is 4.98 Å². The van der Waals surface area contributed by atoms with Crippen molar-refractivity contribution in [2.45, 2.75) is 26.3 Å². The Hall–Kier alpha value is -4.57. The Balaban J connectivity index is 1.67. The summed E-state index contributed by atoms with van der Waals surface area (Å²) in [5.41, 5.74) is 1.34. The number of fused-ring (bicyclic) bond motifs is 1. The van der Waals surface area contributed by atoms with E-state index in [9.17, 15) is 19.8 Å². The highest BCUT2D eigenvalue weighted by Crippen LogP contribution is 2.46. The number of aromatic nitrogens is 1. The minimum Gasteiger partial charge on any atom is -0.507 e. The van der Waals surface area contributed by atoms with Gasteiger partial charge in [0.05, 0.1) is 42.2 Å². The standard InChI is InChI=1S/C30H28N2O7S/c1-4-14-39-19-9-6-17(7-10-19)27(34)25-26(18-8-13-22(33)23(15-18)38-5-2)32(29(36)28(25)35)30-31-21-12-11-20(37-3)16-24(21)40-30/h6-13,15-16,26,33-34H,4-5,14H2,1-3H3/b27-25+. The van der Waals surface area contributed by atoms with Gasteiger partial charge in [-0.2, -0.15) is 0 Å². The van der Waals surface area contributed by atoms with Crippen LogP contribution in [-0.2, 0) is 9.59 Å². The van der Waals surface area contributed by atoms with E-state index in [0.717, 1.165) is 11.1 Å². The number of hydrogen-bond donors (Lipinski definition) is 2. The van der Waals surface area contributed by atoms with Crippen molar-refractivity contribution in [1.29, 1.82) is 0 Å². The predicted molar refractivity (Wildman–Crippen MR) is 152 cm³/mol. The van der Waals surface area contributed by atoms with Crippen LogP contribution in [0.4, 0.5) is 5.13 Å². The van der Waals surface area contributed by atoms with Crippen molar-refractivity contribution in [2.75, 3.05) is 25.2 Å². The fraction of sp³-hybridized carbons (Fsp3) is 0.233. The van der Waals surface area contributed by atoms with Gasteiger partial charge in [0, 0.05) is 5.56 Å². The third kappa shape index (κ3) is 4.93. The number of nitrogens with zero attached hydrogens (tertiary/aromatic N) is 2. The molecular weight excluding hydrogens is 532 g/mol. The summed E-state index contributed by atoms with van der Waals surface area (Å²) >= 11 is 1.23. The molecule has 206 valence electrons. The minimum absolute atomic E-state index is 0.0858. The first-order valence-electron chi connectivity index (χ1n) is 12.8. The zero-order valence-electron chi connectivity index (χ0n) is 22.2. The smallest absolute Gasteiger partial charge is 0.301 e. The maximum absolute atomic E-state index is 13.6. The normalized spacial score (nSPS) is 16.5. The zero-order chi connectivity index (χ0) is 28.4. The molecule has 0 radical (unpaired) electrons. The number of anilines is 1. The molecule has 0 aliphatic carbocycles. The molecule has 1 unspecified atom stereocenters. The molecule has 1 fully saturated rings. The molecule has 1 amide bonds. The number of phenolic OH excluding ortho intramolecular Hbond substituents is 1. The molecule has 10 heteroatoms. The molecule has 2 heterocycles. The molecule has 1 aliphatic rings. The quantitative estimate of drug-likeness (QED) is 0.149. The molecule has 1 saturated heterocycles. The summed E-state index contributed by atoms with van der Waals surface area (Å²) in [6, 6.07) is 15.6. The molecule has 3 aromatic carbocycles. The first-order valence-corrected chi connectivity index (χ1v) is 13.6. The number of thiazole rings is 1. The molecule has 2 N–H and O–H groups in total. The van der Waals surface area contributed by atoms with Crippen molar-refractivity contribution in [3.63, 3.8) is 0 Å². The molecule has 1 aromatic heterocycles. The lowest BCUT2D eigenvalue weighted by Crippen LogP contribution is -2.29. The Morgan fingerprint density at radius 2 is 1.75 bits per heavy atom. The van der Waals surface area contributed by atoms with E-state index in [0.29, 0.717) is 41.4 Å². The third-order valence-electron chi connectivity index (χ3n) is 6.43. The van der Waals surface area contributed by atoms with Gasteiger partial charge in [-0.25, -0.2) is 4.98 Å². The number of carbonyl (C=O) groups is 2. The van der Waals surface area contributed by atoms with E-state index in [1.807, 2.05) is 6.92 Å². The van der Waals surface area contributed by atoms with Gasteiger partial charge in [-0.15, -0.1) is 0 Å². The Labute approximate surface area is 234 Å². The van der Waals surface area contributed by atoms with Crippen molar-refractivity contribution in [3.8, 4) is 23.0 Å². The number of aromatic hydroxyl groups is 1. The predicted octanol–water partition coefficient (Wildman–Crippen LogP) is 5.82. The van der Waals surface area contributed by atoms with Gasteiger partial charge in [0.25, 0.3) is 5.78 Å². The van der Waals surface area contributed by atoms with Crippen LogP contribution >= 0.6 is 11.3 Å². The van der Waals surface area contributed by atoms with Crippen molar-refractivity contribution in [2.24, 2.45) is 0 Å². The van der Waals surface area contributed by atoms with E-state index >= 15 is 0 Å². The first-order chi connectivity index (χ1) is 19.4. The van der Waals surface area contributed by atoms with Crippen LogP contribution in [0.3, 0.4) is 0 Å². The minimum atomic E-state index is -1.03. The van der Waals surface area contributed by atoms with Gasteiger partial charge >= 0.3 is 5.91 Å². The van der Waals surface area contributed by atoms with Crippen molar-refractivity contribution in [1.82, 2.24) is 4.98 Å². The SMILES string of the molecule is CCCOc1ccc(/C(O)=C2\C(=O)C(=O)N(c3nc4ccc(OC)cc4s3)C2c2ccc(O)c(OCC)c2)cc1. The van der Waals surface area contributed by atoms with Crippen molar-refractivity contribution in [3.05, 3.63) is 77.4 Å². The zero-order valence-corrected chi connectivity index (χ0v) is 23.0. The molecule has 1 aliphatic heterocycles. The second-order valence-corrected chi connectivity index (χ2v) is 10.0. The summed E-state index contributed by atoms with van der Waals surface area (Å²) in [6.45, 7) is 4.62. The molecule has 0 saturated carbocycles. The number of Topliss-reactive ketones (excluding diaryl/α,β-unsaturated/α-hetero) is 1. The molecule has 40 heavy (non-hydrogen) atoms. The van der Waals surface area contributed by atoms with Gasteiger partial charge in [0.15, 0.2) is 16.6 Å². The van der Waals surface area contributed by atoms with E-state index in [-0.39, 0.29) is 28.0 Å². The highest BCUT2D eigenvalue weighted by molar-refractivity contribution is 7.22. The highest BCUT2D eigenvalue weighted by atomic mass is 32.1. The number of ketones is 1. The van der Waals surface area contributed by atoms with E-state index < -0.39 is 17.7 Å². The molecular formula is C30H28N2O7S. The van der Waals surface area contributed by atoms with Gasteiger partial charge < -0.3 is 24.4 Å². The number of methoxy groups -OCH3 is 1. The lowest BCUT2D eigenvalue weighted by Gasteiger charge is -2.23. The Bertz CT molecular complexity index is 1610. The second-order valence-electron chi connectivity index (χ2n) is 9.03. The van der Waals surface area contributed by atoms with Crippen LogP contribution in [0.25, 0.3) is 16.0 Å². The molecule has 5 rings (SSSR count). The third-order valence-corrected chi connectivity index (χ3v) is 7.45. The van der Waals surface area contributed by atoms with Gasteiger partial charge in [-0.3, -0.25) is 14.5 Å². The number of aliphatic hydroxyl groups is 1. The number of phenols is 1. The summed E-state index contributed by atoms with van der Waals surface area (Å²) in [5.74, 6) is -0.646. The molecule has 0 bridgehead atoms. The number of amides is 1. The Morgan fingerprint density at radius 3 is 2.45 bits per heavy atom. The largest absolute Gasteiger partial charge is 0.507 e. The Morgan fingerprint density at radius 1 is 1.00 bits per heavy atom. The number of ether oxygens (including phenoxy) is 3. The summed E-state index contributed by atoms with van der Waals surface area (Å²) < 4.78 is 17.3. The molecule has 0 spiro atoms. The first kappa shape index (κ1) is 27.0. The number of carbonyl (C=O) groups excluding carboxylic acids is 2. The summed E-state index contributed by atoms with van der Waals surface area (Å²) in [4.78, 5) is 33.0. The van der Waals surface area contributed by atoms with Crippen LogP contribution in [0.5, 0.6) is 23.0 Å². The van der Waals surface area contributed by atoms with Crippen LogP contribution in [0.1, 0.15) is 37.4 Å². The van der Waals surface area contributed by atoms with Crippen molar-refractivity contribution >= 4 is 44.1 Å². The van der Waals surface area contributed by atoms with Crippen LogP contribution < -0.4 is 19.1 Å². The van der Waals surface area contributed by atoms with Gasteiger partial charge in [-0.05, 0) is 73.5 Å². The molecule has 9 nitrogen and oxygen atoms in total. The summed E-state index contributed by atoms with van der Waals surface area (Å²) in [7, 11) is 1.56. The number of hydrogen-bond acceptors (Lipinski definition) is 9. The Kier molecular flexibility index (Phi) is 7.61. The van der Waals surface area contributed by atoms with Crippen LogP contribution in [-0.4, -0.2) is 47.2 Å². The molecule has 4 aromatic rings.